The first-order chi connectivity index (χ1) is 9.61. The van der Waals surface area contributed by atoms with Gasteiger partial charge in [-0.25, -0.2) is 0 Å². The largest absolute Gasteiger partial charge is 0.383 e. The lowest BCUT2D eigenvalue weighted by Crippen LogP contribution is -2.33. The number of hydrogen-bond acceptors (Lipinski definition) is 4. The van der Waals surface area contributed by atoms with E-state index in [1.54, 1.807) is 7.11 Å². The lowest BCUT2D eigenvalue weighted by atomic mass is 10.1. The summed E-state index contributed by atoms with van der Waals surface area (Å²) in [4.78, 5) is 14.5. The van der Waals surface area contributed by atoms with E-state index in [1.165, 1.54) is 0 Å². The van der Waals surface area contributed by atoms with Crippen molar-refractivity contribution in [1.82, 2.24) is 20.4 Å². The summed E-state index contributed by atoms with van der Waals surface area (Å²) in [6, 6.07) is 0. The molecule has 2 N–H and O–H groups in total. The summed E-state index contributed by atoms with van der Waals surface area (Å²) in [7, 11) is 1.70. The molecule has 1 amide bonds. The van der Waals surface area contributed by atoms with Crippen molar-refractivity contribution in [2.45, 2.75) is 26.8 Å². The van der Waals surface area contributed by atoms with Gasteiger partial charge in [0.05, 0.1) is 18.2 Å². The number of aromatic nitrogens is 2. The van der Waals surface area contributed by atoms with Crippen molar-refractivity contribution in [2.75, 3.05) is 33.4 Å². The second-order valence-electron chi connectivity index (χ2n) is 5.41. The fourth-order valence-corrected chi connectivity index (χ4v) is 2.62. The molecule has 1 saturated heterocycles. The molecule has 1 atom stereocenters. The number of aromatic amines is 1. The summed E-state index contributed by atoms with van der Waals surface area (Å²) in [5, 5.41) is 10.1. The topological polar surface area (TPSA) is 70.2 Å². The fourth-order valence-electron chi connectivity index (χ4n) is 2.62. The molecule has 6 heteroatoms. The number of rotatable bonds is 6. The number of hydrogen-bond donors (Lipinski definition) is 2. The van der Waals surface area contributed by atoms with E-state index in [0.717, 1.165) is 49.6 Å². The second-order valence-corrected chi connectivity index (χ2v) is 5.41. The highest BCUT2D eigenvalue weighted by Gasteiger charge is 2.27. The second kappa shape index (κ2) is 6.85. The standard InChI is InChI=1S/C14H24N4O2/c1-10-13(11(2)17-16-10)8-15-14(19)12-4-5-18(9-12)6-7-20-3/h12H,4-9H2,1-3H3,(H,15,19)(H,16,17)/t12-/m1/s1. The molecule has 0 spiro atoms. The van der Waals surface area contributed by atoms with E-state index in [0.29, 0.717) is 6.54 Å². The highest BCUT2D eigenvalue weighted by Crippen LogP contribution is 2.16. The first-order valence-corrected chi connectivity index (χ1v) is 7.11. The van der Waals surface area contributed by atoms with Crippen LogP contribution < -0.4 is 5.32 Å². The lowest BCUT2D eigenvalue weighted by Gasteiger charge is -2.15. The molecule has 1 fully saturated rings. The molecule has 2 rings (SSSR count). The zero-order valence-electron chi connectivity index (χ0n) is 12.5. The third-order valence-electron chi connectivity index (χ3n) is 3.97. The van der Waals surface area contributed by atoms with Gasteiger partial charge >= 0.3 is 0 Å². The van der Waals surface area contributed by atoms with Gasteiger partial charge in [-0.15, -0.1) is 0 Å². The van der Waals surface area contributed by atoms with Crippen molar-refractivity contribution in [3.63, 3.8) is 0 Å². The van der Waals surface area contributed by atoms with E-state index < -0.39 is 0 Å². The Morgan fingerprint density at radius 1 is 1.55 bits per heavy atom. The van der Waals surface area contributed by atoms with E-state index in [9.17, 15) is 4.79 Å². The molecule has 1 aromatic rings. The minimum atomic E-state index is 0.0966. The number of amides is 1. The Morgan fingerprint density at radius 2 is 2.35 bits per heavy atom. The van der Waals surface area contributed by atoms with Gasteiger partial charge in [-0.05, 0) is 26.8 Å². The maximum absolute atomic E-state index is 12.2. The molecule has 112 valence electrons. The zero-order valence-corrected chi connectivity index (χ0v) is 12.5. The van der Waals surface area contributed by atoms with Crippen LogP contribution in [-0.4, -0.2) is 54.4 Å². The van der Waals surface area contributed by atoms with Gasteiger partial charge < -0.3 is 15.0 Å². The predicted octanol–water partition coefficient (Wildman–Crippen LogP) is 0.611. The van der Waals surface area contributed by atoms with Gasteiger partial charge in [-0.3, -0.25) is 9.89 Å². The van der Waals surface area contributed by atoms with Crippen molar-refractivity contribution in [2.24, 2.45) is 5.92 Å². The summed E-state index contributed by atoms with van der Waals surface area (Å²) in [6.45, 7) is 7.92. The minimum absolute atomic E-state index is 0.0966. The van der Waals surface area contributed by atoms with Crippen LogP contribution in [0.5, 0.6) is 0 Å². The molecule has 2 heterocycles. The van der Waals surface area contributed by atoms with Crippen molar-refractivity contribution in [1.29, 1.82) is 0 Å². The van der Waals surface area contributed by atoms with Gasteiger partial charge in [0, 0.05) is 38.0 Å². The quantitative estimate of drug-likeness (QED) is 0.801. The molecule has 0 bridgehead atoms. The molecule has 1 aliphatic heterocycles. The Labute approximate surface area is 119 Å². The van der Waals surface area contributed by atoms with Crippen molar-refractivity contribution in [3.8, 4) is 0 Å². The summed E-state index contributed by atoms with van der Waals surface area (Å²) in [5.41, 5.74) is 3.07. The maximum atomic E-state index is 12.2. The first kappa shape index (κ1) is 15.0. The third-order valence-corrected chi connectivity index (χ3v) is 3.97. The molecule has 20 heavy (non-hydrogen) atoms. The normalized spacial score (nSPS) is 19.4. The van der Waals surface area contributed by atoms with Crippen LogP contribution in [0, 0.1) is 19.8 Å². The first-order valence-electron chi connectivity index (χ1n) is 7.11. The van der Waals surface area contributed by atoms with E-state index in [4.69, 9.17) is 4.74 Å². The summed E-state index contributed by atoms with van der Waals surface area (Å²) in [5.74, 6) is 0.240. The van der Waals surface area contributed by atoms with Gasteiger partial charge in [0.25, 0.3) is 0 Å². The van der Waals surface area contributed by atoms with Crippen LogP contribution in [-0.2, 0) is 16.1 Å². The van der Waals surface area contributed by atoms with Crippen LogP contribution in [0.4, 0.5) is 0 Å². The molecule has 0 aliphatic carbocycles. The van der Waals surface area contributed by atoms with E-state index >= 15 is 0 Å². The van der Waals surface area contributed by atoms with Crippen LogP contribution in [0.1, 0.15) is 23.4 Å². The molecule has 0 unspecified atom stereocenters. The Morgan fingerprint density at radius 3 is 3.00 bits per heavy atom. The number of nitrogens with one attached hydrogen (secondary N) is 2. The average molecular weight is 280 g/mol. The zero-order chi connectivity index (χ0) is 14.5. The van der Waals surface area contributed by atoms with Gasteiger partial charge in [-0.2, -0.15) is 5.10 Å². The lowest BCUT2D eigenvalue weighted by molar-refractivity contribution is -0.124. The molecule has 0 aromatic carbocycles. The van der Waals surface area contributed by atoms with Gasteiger partial charge in [0.2, 0.25) is 5.91 Å². The van der Waals surface area contributed by atoms with E-state index in [-0.39, 0.29) is 11.8 Å². The molecular weight excluding hydrogens is 256 g/mol. The number of aryl methyl sites for hydroxylation is 2. The smallest absolute Gasteiger partial charge is 0.224 e. The Balaban J connectivity index is 1.78. The predicted molar refractivity (Wildman–Crippen MR) is 76.3 cm³/mol. The molecular formula is C14H24N4O2. The number of likely N-dealkylation sites (tertiary alicyclic amines) is 1. The minimum Gasteiger partial charge on any atom is -0.383 e. The van der Waals surface area contributed by atoms with Gasteiger partial charge in [0.15, 0.2) is 0 Å². The van der Waals surface area contributed by atoms with Crippen LogP contribution in [0.3, 0.4) is 0 Å². The molecule has 0 radical (unpaired) electrons. The number of nitrogens with zero attached hydrogens (tertiary/aromatic N) is 2. The fraction of sp³-hybridized carbons (Fsp3) is 0.714. The van der Waals surface area contributed by atoms with Crippen LogP contribution in [0.2, 0.25) is 0 Å². The van der Waals surface area contributed by atoms with E-state index in [2.05, 4.69) is 20.4 Å². The number of methoxy groups -OCH3 is 1. The molecule has 1 aromatic heterocycles. The molecule has 0 saturated carbocycles. The number of carbonyl (C=O) groups excluding carboxylic acids is 1. The monoisotopic (exact) mass is 280 g/mol. The molecule has 1 aliphatic rings. The Hall–Kier alpha value is -1.40. The Kier molecular flexibility index (Phi) is 5.14. The number of H-pyrrole nitrogens is 1. The van der Waals surface area contributed by atoms with E-state index in [1.807, 2.05) is 13.8 Å². The Bertz CT molecular complexity index is 439. The highest BCUT2D eigenvalue weighted by molar-refractivity contribution is 5.79. The maximum Gasteiger partial charge on any atom is 0.224 e. The summed E-state index contributed by atoms with van der Waals surface area (Å²) >= 11 is 0. The third kappa shape index (κ3) is 3.58. The summed E-state index contributed by atoms with van der Waals surface area (Å²) < 4.78 is 5.07. The average Bonchev–Trinajstić information content (AvgIpc) is 3.02. The van der Waals surface area contributed by atoms with Gasteiger partial charge in [-0.1, -0.05) is 0 Å². The van der Waals surface area contributed by atoms with Crippen molar-refractivity contribution < 1.29 is 9.53 Å². The molecule has 6 nitrogen and oxygen atoms in total. The highest BCUT2D eigenvalue weighted by atomic mass is 16.5. The number of ether oxygens (including phenoxy) is 1. The number of carbonyl (C=O) groups is 1. The van der Waals surface area contributed by atoms with Crippen molar-refractivity contribution in [3.05, 3.63) is 17.0 Å². The van der Waals surface area contributed by atoms with Crippen LogP contribution >= 0.6 is 0 Å². The van der Waals surface area contributed by atoms with Crippen molar-refractivity contribution >= 4 is 5.91 Å². The van der Waals surface area contributed by atoms with Crippen LogP contribution in [0.15, 0.2) is 0 Å². The summed E-state index contributed by atoms with van der Waals surface area (Å²) in [6.07, 6.45) is 0.929. The SMILES string of the molecule is COCCN1CC[C@@H](C(=O)NCc2c(C)n[nH]c2C)C1. The van der Waals surface area contributed by atoms with Crippen LogP contribution in [0.25, 0.3) is 0 Å². The van der Waals surface area contributed by atoms with Gasteiger partial charge in [0.1, 0.15) is 0 Å².